The number of carboxylic acids is 1. The van der Waals surface area contributed by atoms with Gasteiger partial charge in [0.1, 0.15) is 0 Å². The first-order valence-electron chi connectivity index (χ1n) is 6.62. The van der Waals surface area contributed by atoms with Crippen molar-refractivity contribution in [3.05, 3.63) is 35.4 Å². The molecule has 3 heteroatoms. The lowest BCUT2D eigenvalue weighted by molar-refractivity contribution is -0.165. The summed E-state index contributed by atoms with van der Waals surface area (Å²) in [4.78, 5) is 11.5. The number of aliphatic carboxylic acids is 1. The third-order valence-corrected chi connectivity index (χ3v) is 3.59. The van der Waals surface area contributed by atoms with Gasteiger partial charge in [-0.05, 0) is 17.5 Å². The van der Waals surface area contributed by atoms with E-state index in [0.29, 0.717) is 19.4 Å². The molecule has 0 aliphatic heterocycles. The quantitative estimate of drug-likeness (QED) is 0.787. The average molecular weight is 248 g/mol. The molecule has 0 aromatic heterocycles. The molecule has 0 saturated heterocycles. The van der Waals surface area contributed by atoms with E-state index < -0.39 is 11.6 Å². The predicted octanol–water partition coefficient (Wildman–Crippen LogP) is 2.82. The molecule has 3 nitrogen and oxygen atoms in total. The first-order chi connectivity index (χ1) is 8.68. The Morgan fingerprint density at radius 1 is 1.28 bits per heavy atom. The second-order valence-electron chi connectivity index (χ2n) is 4.98. The number of benzene rings is 1. The van der Waals surface area contributed by atoms with Gasteiger partial charge in [0.15, 0.2) is 5.60 Å². The van der Waals surface area contributed by atoms with E-state index >= 15 is 0 Å². The van der Waals surface area contributed by atoms with Gasteiger partial charge in [0.25, 0.3) is 0 Å². The molecule has 1 aromatic rings. The van der Waals surface area contributed by atoms with Crippen LogP contribution in [0.2, 0.25) is 0 Å². The molecule has 1 N–H and O–H groups in total. The molecule has 0 amide bonds. The van der Waals surface area contributed by atoms with Crippen molar-refractivity contribution < 1.29 is 14.6 Å². The van der Waals surface area contributed by atoms with Gasteiger partial charge in [-0.3, -0.25) is 0 Å². The second-order valence-corrected chi connectivity index (χ2v) is 4.98. The maximum absolute atomic E-state index is 11.5. The molecule has 0 spiro atoms. The van der Waals surface area contributed by atoms with E-state index in [-0.39, 0.29) is 0 Å². The molecule has 0 unspecified atom stereocenters. The summed E-state index contributed by atoms with van der Waals surface area (Å²) in [5.74, 6) is -0.838. The molecule has 0 heterocycles. The van der Waals surface area contributed by atoms with Crippen LogP contribution in [0.5, 0.6) is 0 Å². The van der Waals surface area contributed by atoms with Crippen molar-refractivity contribution in [2.45, 2.75) is 44.6 Å². The first-order valence-corrected chi connectivity index (χ1v) is 6.62. The summed E-state index contributed by atoms with van der Waals surface area (Å²) in [6, 6.07) is 7.90. The van der Waals surface area contributed by atoms with Crippen molar-refractivity contribution in [2.24, 2.45) is 0 Å². The van der Waals surface area contributed by atoms with Gasteiger partial charge in [0.05, 0.1) is 0 Å². The maximum atomic E-state index is 11.5. The number of rotatable bonds is 6. The summed E-state index contributed by atoms with van der Waals surface area (Å²) in [6.45, 7) is 2.66. The number of unbranched alkanes of at least 4 members (excludes halogenated alkanes) is 2. The number of carboxylic acid groups (broad SMARTS) is 1. The van der Waals surface area contributed by atoms with Crippen LogP contribution in [0.3, 0.4) is 0 Å². The highest BCUT2D eigenvalue weighted by atomic mass is 16.5. The van der Waals surface area contributed by atoms with Gasteiger partial charge in [0, 0.05) is 19.4 Å². The highest BCUT2D eigenvalue weighted by Crippen LogP contribution is 2.33. The minimum atomic E-state index is -1.03. The van der Waals surface area contributed by atoms with Crippen LogP contribution < -0.4 is 0 Å². The van der Waals surface area contributed by atoms with Crippen LogP contribution in [0.15, 0.2) is 24.3 Å². The standard InChI is InChI=1S/C15H20O3/c1-2-3-6-9-18-15(14(16)17)10-12-7-4-5-8-13(12)11-15/h4-5,7-8H,2-3,6,9-11H2,1H3,(H,16,17). The lowest BCUT2D eigenvalue weighted by Crippen LogP contribution is -2.42. The van der Waals surface area contributed by atoms with Gasteiger partial charge in [-0.25, -0.2) is 4.79 Å². The molecule has 1 aliphatic carbocycles. The van der Waals surface area contributed by atoms with E-state index in [1.165, 1.54) is 0 Å². The van der Waals surface area contributed by atoms with Gasteiger partial charge >= 0.3 is 5.97 Å². The third-order valence-electron chi connectivity index (χ3n) is 3.59. The van der Waals surface area contributed by atoms with E-state index in [1.54, 1.807) is 0 Å². The largest absolute Gasteiger partial charge is 0.479 e. The molecule has 2 rings (SSSR count). The molecule has 0 radical (unpaired) electrons. The Labute approximate surface area is 108 Å². The van der Waals surface area contributed by atoms with E-state index in [9.17, 15) is 9.90 Å². The molecule has 0 bridgehead atoms. The average Bonchev–Trinajstić information content (AvgIpc) is 2.74. The Hall–Kier alpha value is -1.35. The highest BCUT2D eigenvalue weighted by molar-refractivity contribution is 5.80. The number of hydrogen-bond donors (Lipinski definition) is 1. The number of fused-ring (bicyclic) bond motifs is 1. The van der Waals surface area contributed by atoms with Crippen LogP contribution >= 0.6 is 0 Å². The van der Waals surface area contributed by atoms with Crippen LogP contribution in [0, 0.1) is 0 Å². The molecular weight excluding hydrogens is 228 g/mol. The Morgan fingerprint density at radius 3 is 2.39 bits per heavy atom. The topological polar surface area (TPSA) is 46.5 Å². The summed E-state index contributed by atoms with van der Waals surface area (Å²) in [6.07, 6.45) is 4.11. The van der Waals surface area contributed by atoms with Crippen LogP contribution in [-0.2, 0) is 22.4 Å². The lowest BCUT2D eigenvalue weighted by Gasteiger charge is -2.24. The van der Waals surface area contributed by atoms with Crippen molar-refractivity contribution in [3.8, 4) is 0 Å². The van der Waals surface area contributed by atoms with E-state index in [0.717, 1.165) is 30.4 Å². The molecular formula is C15H20O3. The molecule has 98 valence electrons. The number of carbonyl (C=O) groups is 1. The van der Waals surface area contributed by atoms with Crippen molar-refractivity contribution in [1.82, 2.24) is 0 Å². The van der Waals surface area contributed by atoms with Crippen LogP contribution in [0.25, 0.3) is 0 Å². The number of ether oxygens (including phenoxy) is 1. The molecule has 18 heavy (non-hydrogen) atoms. The fourth-order valence-corrected chi connectivity index (χ4v) is 2.51. The Bertz CT molecular complexity index is 401. The summed E-state index contributed by atoms with van der Waals surface area (Å²) in [7, 11) is 0. The van der Waals surface area contributed by atoms with Crippen molar-refractivity contribution in [2.75, 3.05) is 6.61 Å². The first kappa shape index (κ1) is 13.1. The van der Waals surface area contributed by atoms with Gasteiger partial charge in [0.2, 0.25) is 0 Å². The van der Waals surface area contributed by atoms with Gasteiger partial charge in [-0.1, -0.05) is 44.0 Å². The SMILES string of the molecule is CCCCCOC1(C(=O)O)Cc2ccccc2C1. The van der Waals surface area contributed by atoms with Crippen LogP contribution in [-0.4, -0.2) is 23.3 Å². The smallest absolute Gasteiger partial charge is 0.336 e. The fraction of sp³-hybridized carbons (Fsp3) is 0.533. The lowest BCUT2D eigenvalue weighted by atomic mass is 10.0. The van der Waals surface area contributed by atoms with Gasteiger partial charge < -0.3 is 9.84 Å². The summed E-state index contributed by atoms with van der Waals surface area (Å²) in [5.41, 5.74) is 1.18. The van der Waals surface area contributed by atoms with Crippen LogP contribution in [0.4, 0.5) is 0 Å². The van der Waals surface area contributed by atoms with Crippen molar-refractivity contribution in [3.63, 3.8) is 0 Å². The van der Waals surface area contributed by atoms with Crippen molar-refractivity contribution in [1.29, 1.82) is 0 Å². The Balaban J connectivity index is 2.05. The molecule has 0 atom stereocenters. The van der Waals surface area contributed by atoms with Gasteiger partial charge in [-0.15, -0.1) is 0 Å². The zero-order chi connectivity index (χ0) is 13.0. The minimum Gasteiger partial charge on any atom is -0.479 e. The summed E-state index contributed by atoms with van der Waals surface area (Å²) < 4.78 is 5.74. The molecule has 0 saturated carbocycles. The van der Waals surface area contributed by atoms with Crippen molar-refractivity contribution >= 4 is 5.97 Å². The molecule has 1 aromatic carbocycles. The van der Waals surface area contributed by atoms with E-state index in [2.05, 4.69) is 6.92 Å². The van der Waals surface area contributed by atoms with Crippen LogP contribution in [0.1, 0.15) is 37.3 Å². The summed E-state index contributed by atoms with van der Waals surface area (Å²) >= 11 is 0. The highest BCUT2D eigenvalue weighted by Gasteiger charge is 2.45. The van der Waals surface area contributed by atoms with E-state index in [4.69, 9.17) is 4.74 Å². The maximum Gasteiger partial charge on any atom is 0.336 e. The molecule has 0 fully saturated rings. The zero-order valence-electron chi connectivity index (χ0n) is 10.8. The summed E-state index contributed by atoms with van der Waals surface area (Å²) in [5, 5.41) is 9.47. The monoisotopic (exact) mass is 248 g/mol. The van der Waals surface area contributed by atoms with Gasteiger partial charge in [-0.2, -0.15) is 0 Å². The van der Waals surface area contributed by atoms with E-state index in [1.807, 2.05) is 24.3 Å². The predicted molar refractivity (Wildman–Crippen MR) is 69.7 cm³/mol. The number of hydrogen-bond acceptors (Lipinski definition) is 2. The minimum absolute atomic E-state index is 0.491. The Kier molecular flexibility index (Phi) is 4.02. The normalized spacial score (nSPS) is 16.5. The molecule has 1 aliphatic rings. The zero-order valence-corrected chi connectivity index (χ0v) is 10.8. The third kappa shape index (κ3) is 2.56. The fourth-order valence-electron chi connectivity index (χ4n) is 2.51. The Morgan fingerprint density at radius 2 is 1.89 bits per heavy atom. The second kappa shape index (κ2) is 5.53.